The number of likely N-dealkylation sites (N-methyl/N-ethyl adjacent to an activating group) is 1. The summed E-state index contributed by atoms with van der Waals surface area (Å²) in [5.74, 6) is -0.494. The minimum absolute atomic E-state index is 0.340. The number of carbonyl (C=O) groups is 1. The second-order valence-corrected chi connectivity index (χ2v) is 6.73. The van der Waals surface area contributed by atoms with E-state index in [1.165, 1.54) is 6.08 Å². The number of hydrogen-bond donors (Lipinski definition) is 1. The Hall–Kier alpha value is -2.11. The zero-order chi connectivity index (χ0) is 17.3. The molecule has 24 heavy (non-hydrogen) atoms. The molecule has 1 heterocycles. The van der Waals surface area contributed by atoms with E-state index in [9.17, 15) is 4.79 Å². The molecular formula is C18H15BrClN3O. The van der Waals surface area contributed by atoms with Crippen LogP contribution in [0, 0.1) is 0 Å². The van der Waals surface area contributed by atoms with E-state index in [1.54, 1.807) is 0 Å². The number of benzodiazepines with no additional fused rings is 1. The number of fused-ring (bicyclic) bond motifs is 1. The van der Waals surface area contributed by atoms with E-state index < -0.39 is 5.91 Å². The lowest BCUT2D eigenvalue weighted by Gasteiger charge is -2.22. The Balaban J connectivity index is 2.25. The molecule has 0 aromatic heterocycles. The van der Waals surface area contributed by atoms with Gasteiger partial charge in [-0.25, -0.2) is 0 Å². The van der Waals surface area contributed by atoms with E-state index in [1.807, 2.05) is 54.4 Å². The zero-order valence-electron chi connectivity index (χ0n) is 13.0. The summed E-state index contributed by atoms with van der Waals surface area (Å²) < 4.78 is 0.941. The van der Waals surface area contributed by atoms with Crippen molar-refractivity contribution >= 4 is 44.8 Å². The first-order valence-corrected chi connectivity index (χ1v) is 8.47. The predicted molar refractivity (Wildman–Crippen MR) is 102 cm³/mol. The molecule has 0 saturated carbocycles. The third-order valence-electron chi connectivity index (χ3n) is 3.84. The standard InChI is InChI=1S/C18H15BrClN3O/c1-23-12(9-17(21)24)10-22-18(13-4-2-3-5-15(13)20)14-8-11(19)6-7-16(14)23/h2-9H,10H2,1H3,(H2,21,24). The van der Waals surface area contributed by atoms with Gasteiger partial charge in [-0.15, -0.1) is 0 Å². The molecule has 122 valence electrons. The Morgan fingerprint density at radius 3 is 2.75 bits per heavy atom. The molecule has 0 saturated heterocycles. The molecule has 1 amide bonds. The van der Waals surface area contributed by atoms with E-state index in [0.29, 0.717) is 11.6 Å². The molecule has 0 atom stereocenters. The first-order chi connectivity index (χ1) is 11.5. The van der Waals surface area contributed by atoms with Gasteiger partial charge in [0.05, 0.1) is 17.9 Å². The molecule has 2 N–H and O–H groups in total. The van der Waals surface area contributed by atoms with Crippen LogP contribution >= 0.6 is 27.5 Å². The summed E-state index contributed by atoms with van der Waals surface area (Å²) in [6, 6.07) is 13.5. The molecule has 0 unspecified atom stereocenters. The SMILES string of the molecule is CN1C(=CC(N)=O)CN=C(c2ccccc2Cl)c2cc(Br)ccc21. The fourth-order valence-corrected chi connectivity index (χ4v) is 3.27. The molecule has 0 bridgehead atoms. The number of nitrogens with zero attached hydrogens (tertiary/aromatic N) is 2. The first-order valence-electron chi connectivity index (χ1n) is 7.30. The number of aliphatic imine (C=N–C) groups is 1. The van der Waals surface area contributed by atoms with Crippen LogP contribution in [-0.4, -0.2) is 25.2 Å². The normalized spacial score (nSPS) is 15.7. The summed E-state index contributed by atoms with van der Waals surface area (Å²) in [7, 11) is 1.90. The van der Waals surface area contributed by atoms with Crippen LogP contribution in [0.3, 0.4) is 0 Å². The highest BCUT2D eigenvalue weighted by Crippen LogP contribution is 2.32. The maximum Gasteiger partial charge on any atom is 0.243 e. The highest BCUT2D eigenvalue weighted by Gasteiger charge is 2.22. The first kappa shape index (κ1) is 16.7. The number of hydrogen-bond acceptors (Lipinski definition) is 3. The largest absolute Gasteiger partial charge is 0.366 e. The van der Waals surface area contributed by atoms with Crippen molar-refractivity contribution < 1.29 is 4.79 Å². The molecule has 3 rings (SSSR count). The lowest BCUT2D eigenvalue weighted by molar-refractivity contribution is -0.113. The van der Waals surface area contributed by atoms with Crippen LogP contribution in [0.25, 0.3) is 0 Å². The van der Waals surface area contributed by atoms with Gasteiger partial charge in [-0.3, -0.25) is 9.79 Å². The number of rotatable bonds is 2. The average Bonchev–Trinajstić information content (AvgIpc) is 2.66. The van der Waals surface area contributed by atoms with Crippen LogP contribution in [0.15, 0.2) is 63.7 Å². The van der Waals surface area contributed by atoms with Crippen molar-refractivity contribution in [2.24, 2.45) is 10.7 Å². The van der Waals surface area contributed by atoms with Crippen LogP contribution in [0.4, 0.5) is 5.69 Å². The van der Waals surface area contributed by atoms with Gasteiger partial charge in [0, 0.05) is 39.4 Å². The number of carbonyl (C=O) groups excluding carboxylic acids is 1. The molecule has 2 aromatic rings. The molecule has 0 radical (unpaired) electrons. The van der Waals surface area contributed by atoms with Crippen LogP contribution in [-0.2, 0) is 4.79 Å². The lowest BCUT2D eigenvalue weighted by atomic mass is 10.0. The Bertz CT molecular complexity index is 876. The van der Waals surface area contributed by atoms with Crippen molar-refractivity contribution in [2.45, 2.75) is 0 Å². The molecule has 0 fully saturated rings. The van der Waals surface area contributed by atoms with E-state index in [-0.39, 0.29) is 0 Å². The van der Waals surface area contributed by atoms with Crippen LogP contribution in [0.2, 0.25) is 5.02 Å². The van der Waals surface area contributed by atoms with E-state index in [4.69, 9.17) is 22.3 Å². The minimum atomic E-state index is -0.494. The summed E-state index contributed by atoms with van der Waals surface area (Å²) in [5, 5.41) is 0.632. The van der Waals surface area contributed by atoms with Gasteiger partial charge < -0.3 is 10.6 Å². The van der Waals surface area contributed by atoms with E-state index >= 15 is 0 Å². The van der Waals surface area contributed by atoms with Gasteiger partial charge in [0.25, 0.3) is 0 Å². The number of amides is 1. The Morgan fingerprint density at radius 2 is 2.04 bits per heavy atom. The minimum Gasteiger partial charge on any atom is -0.366 e. The number of nitrogens with two attached hydrogens (primary N) is 1. The van der Waals surface area contributed by atoms with Crippen LogP contribution < -0.4 is 10.6 Å². The van der Waals surface area contributed by atoms with Crippen molar-refractivity contribution in [1.29, 1.82) is 0 Å². The smallest absolute Gasteiger partial charge is 0.243 e. The highest BCUT2D eigenvalue weighted by molar-refractivity contribution is 9.10. The van der Waals surface area contributed by atoms with E-state index in [0.717, 1.165) is 32.7 Å². The van der Waals surface area contributed by atoms with E-state index in [2.05, 4.69) is 15.9 Å². The third kappa shape index (κ3) is 3.23. The molecule has 1 aliphatic rings. The maximum absolute atomic E-state index is 11.3. The molecule has 1 aliphatic heterocycles. The Kier molecular flexibility index (Phi) is 4.73. The Labute approximate surface area is 153 Å². The number of primary amides is 1. The molecule has 6 heteroatoms. The summed E-state index contributed by atoms with van der Waals surface area (Å²) in [6.45, 7) is 0.340. The van der Waals surface area contributed by atoms with Crippen LogP contribution in [0.1, 0.15) is 11.1 Å². The maximum atomic E-state index is 11.3. The lowest BCUT2D eigenvalue weighted by Crippen LogP contribution is -2.21. The van der Waals surface area contributed by atoms with Crippen molar-refractivity contribution in [3.63, 3.8) is 0 Å². The van der Waals surface area contributed by atoms with Gasteiger partial charge in [-0.05, 0) is 24.3 Å². The highest BCUT2D eigenvalue weighted by atomic mass is 79.9. The summed E-state index contributed by atoms with van der Waals surface area (Å²) >= 11 is 9.89. The van der Waals surface area contributed by atoms with Gasteiger partial charge >= 0.3 is 0 Å². The second-order valence-electron chi connectivity index (χ2n) is 5.40. The predicted octanol–water partition coefficient (Wildman–Crippen LogP) is 3.76. The van der Waals surface area contributed by atoms with Crippen molar-refractivity contribution in [3.05, 3.63) is 74.9 Å². The van der Waals surface area contributed by atoms with Crippen molar-refractivity contribution in [2.75, 3.05) is 18.5 Å². The van der Waals surface area contributed by atoms with Gasteiger partial charge in [0.2, 0.25) is 5.91 Å². The Morgan fingerprint density at radius 1 is 1.29 bits per heavy atom. The molecule has 0 aliphatic carbocycles. The number of halogens is 2. The van der Waals surface area contributed by atoms with Gasteiger partial charge in [0.15, 0.2) is 0 Å². The fraction of sp³-hybridized carbons (Fsp3) is 0.111. The van der Waals surface area contributed by atoms with Gasteiger partial charge in [-0.1, -0.05) is 45.7 Å². The number of anilines is 1. The van der Waals surface area contributed by atoms with Crippen LogP contribution in [0.5, 0.6) is 0 Å². The van der Waals surface area contributed by atoms with Crippen molar-refractivity contribution in [3.8, 4) is 0 Å². The monoisotopic (exact) mass is 403 g/mol. The molecule has 2 aromatic carbocycles. The average molecular weight is 405 g/mol. The van der Waals surface area contributed by atoms with Gasteiger partial charge in [-0.2, -0.15) is 0 Å². The summed E-state index contributed by atoms with van der Waals surface area (Å²) in [5.41, 5.74) is 9.57. The quantitative estimate of drug-likeness (QED) is 0.775. The van der Waals surface area contributed by atoms with Crippen molar-refractivity contribution in [1.82, 2.24) is 0 Å². The summed E-state index contributed by atoms with van der Waals surface area (Å²) in [4.78, 5) is 18.0. The molecule has 4 nitrogen and oxygen atoms in total. The van der Waals surface area contributed by atoms with Gasteiger partial charge in [0.1, 0.15) is 0 Å². The third-order valence-corrected chi connectivity index (χ3v) is 4.67. The second kappa shape index (κ2) is 6.79. The fourth-order valence-electron chi connectivity index (χ4n) is 2.69. The molecular weight excluding hydrogens is 390 g/mol. The summed E-state index contributed by atoms with van der Waals surface area (Å²) in [6.07, 6.45) is 1.41. The topological polar surface area (TPSA) is 58.7 Å². The zero-order valence-corrected chi connectivity index (χ0v) is 15.3. The molecule has 0 spiro atoms. The number of benzene rings is 2.